The zero-order valence-corrected chi connectivity index (χ0v) is 19.1. The van der Waals surface area contributed by atoms with Crippen LogP contribution in [0.4, 0.5) is 5.69 Å². The molecular formula is C23H27N3O5S. The van der Waals surface area contributed by atoms with Gasteiger partial charge in [0.1, 0.15) is 5.84 Å². The van der Waals surface area contributed by atoms with Crippen LogP contribution in [0, 0.1) is 0 Å². The average molecular weight is 458 g/mol. The molecular weight excluding hydrogens is 430 g/mol. The smallest absolute Gasteiger partial charge is 0.308 e. The number of benzene rings is 2. The van der Waals surface area contributed by atoms with Gasteiger partial charge in [0, 0.05) is 11.3 Å². The number of sulfonamides is 1. The highest BCUT2D eigenvalue weighted by Gasteiger charge is 2.30. The molecule has 0 aromatic heterocycles. The number of amidine groups is 1. The number of esters is 1. The average Bonchev–Trinajstić information content (AvgIpc) is 3.03. The first-order valence-electron chi connectivity index (χ1n) is 10.5. The molecule has 2 aromatic carbocycles. The Morgan fingerprint density at radius 2 is 1.78 bits per heavy atom. The zero-order valence-electron chi connectivity index (χ0n) is 18.3. The van der Waals surface area contributed by atoms with Crippen LogP contribution in [0.2, 0.25) is 0 Å². The van der Waals surface area contributed by atoms with E-state index in [2.05, 4.69) is 28.9 Å². The number of nitrogens with zero attached hydrogens (tertiary/aromatic N) is 1. The van der Waals surface area contributed by atoms with Crippen LogP contribution >= 0.6 is 0 Å². The Hall–Kier alpha value is -3.20. The highest BCUT2D eigenvalue weighted by Crippen LogP contribution is 2.26. The highest BCUT2D eigenvalue weighted by molar-refractivity contribution is 7.90. The second-order valence-corrected chi connectivity index (χ2v) is 9.25. The van der Waals surface area contributed by atoms with Gasteiger partial charge in [0.15, 0.2) is 6.10 Å². The number of aliphatic imine (C=N–C) groups is 1. The third-order valence-electron chi connectivity index (χ3n) is 5.29. The summed E-state index contributed by atoms with van der Waals surface area (Å²) >= 11 is 0. The lowest BCUT2D eigenvalue weighted by atomic mass is 9.97. The van der Waals surface area contributed by atoms with E-state index in [1.54, 1.807) is 18.2 Å². The molecule has 1 amide bonds. The van der Waals surface area contributed by atoms with Crippen LogP contribution in [0.5, 0.6) is 0 Å². The summed E-state index contributed by atoms with van der Waals surface area (Å²) in [6.45, 7) is 5.69. The predicted octanol–water partition coefficient (Wildman–Crippen LogP) is 3.20. The first-order chi connectivity index (χ1) is 15.2. The van der Waals surface area contributed by atoms with Crippen molar-refractivity contribution in [3.8, 4) is 0 Å². The molecule has 8 nitrogen and oxygen atoms in total. The van der Waals surface area contributed by atoms with E-state index in [1.165, 1.54) is 13.0 Å². The monoisotopic (exact) mass is 457 g/mol. The maximum atomic E-state index is 12.5. The van der Waals surface area contributed by atoms with Gasteiger partial charge in [-0.25, -0.2) is 8.42 Å². The third-order valence-corrected chi connectivity index (χ3v) is 6.69. The molecule has 32 heavy (non-hydrogen) atoms. The van der Waals surface area contributed by atoms with Crippen molar-refractivity contribution in [2.45, 2.75) is 50.5 Å². The SMILES string of the molecule is CCC(C)c1ccccc1NC(=O)C(C)OC(=O)CCN=C1NS(=O)(=O)c2ccccc21. The molecule has 1 heterocycles. The van der Waals surface area contributed by atoms with Gasteiger partial charge in [-0.1, -0.05) is 44.2 Å². The number of nitrogens with one attached hydrogen (secondary N) is 2. The molecule has 0 saturated carbocycles. The Bertz CT molecular complexity index is 1140. The molecule has 2 aromatic rings. The van der Waals surface area contributed by atoms with Crippen molar-refractivity contribution in [1.82, 2.24) is 4.72 Å². The molecule has 2 unspecified atom stereocenters. The normalized spacial score (nSPS) is 17.2. The minimum Gasteiger partial charge on any atom is -0.452 e. The Morgan fingerprint density at radius 3 is 2.53 bits per heavy atom. The van der Waals surface area contributed by atoms with Crippen LogP contribution in [0.3, 0.4) is 0 Å². The van der Waals surface area contributed by atoms with E-state index in [0.29, 0.717) is 11.3 Å². The molecule has 0 bridgehead atoms. The summed E-state index contributed by atoms with van der Waals surface area (Å²) in [7, 11) is -3.63. The van der Waals surface area contributed by atoms with Gasteiger partial charge < -0.3 is 10.1 Å². The topological polar surface area (TPSA) is 114 Å². The molecule has 0 saturated heterocycles. The van der Waals surface area contributed by atoms with Crippen LogP contribution in [0.15, 0.2) is 58.4 Å². The predicted molar refractivity (Wildman–Crippen MR) is 122 cm³/mol. The second-order valence-electron chi connectivity index (χ2n) is 7.60. The molecule has 2 atom stereocenters. The van der Waals surface area contributed by atoms with Gasteiger partial charge in [-0.2, -0.15) is 0 Å². The van der Waals surface area contributed by atoms with Crippen molar-refractivity contribution in [3.05, 3.63) is 59.7 Å². The first-order valence-corrected chi connectivity index (χ1v) is 12.0. The van der Waals surface area contributed by atoms with Gasteiger partial charge in [0.05, 0.1) is 17.9 Å². The molecule has 0 spiro atoms. The summed E-state index contributed by atoms with van der Waals surface area (Å²) in [5.74, 6) is -0.540. The highest BCUT2D eigenvalue weighted by atomic mass is 32.2. The molecule has 1 aliphatic rings. The maximum Gasteiger partial charge on any atom is 0.308 e. The minimum absolute atomic E-state index is 0.0240. The van der Waals surface area contributed by atoms with Crippen molar-refractivity contribution >= 4 is 33.4 Å². The van der Waals surface area contributed by atoms with Crippen molar-refractivity contribution in [3.63, 3.8) is 0 Å². The van der Waals surface area contributed by atoms with Crippen molar-refractivity contribution in [2.75, 3.05) is 11.9 Å². The van der Waals surface area contributed by atoms with Gasteiger partial charge in [0.2, 0.25) is 0 Å². The van der Waals surface area contributed by atoms with E-state index in [9.17, 15) is 18.0 Å². The Balaban J connectivity index is 1.55. The molecule has 2 N–H and O–H groups in total. The van der Waals surface area contributed by atoms with Crippen molar-refractivity contribution < 1.29 is 22.7 Å². The lowest BCUT2D eigenvalue weighted by Gasteiger charge is -2.18. The molecule has 0 aliphatic carbocycles. The van der Waals surface area contributed by atoms with Crippen LogP contribution in [0.1, 0.15) is 50.7 Å². The number of amides is 1. The molecule has 170 valence electrons. The van der Waals surface area contributed by atoms with Crippen LogP contribution < -0.4 is 10.0 Å². The Morgan fingerprint density at radius 1 is 1.09 bits per heavy atom. The van der Waals surface area contributed by atoms with Crippen LogP contribution in [-0.2, 0) is 24.3 Å². The summed E-state index contributed by atoms with van der Waals surface area (Å²) in [6, 6.07) is 14.0. The number of rotatable bonds is 8. The van der Waals surface area contributed by atoms with Gasteiger partial charge in [-0.3, -0.25) is 19.3 Å². The summed E-state index contributed by atoms with van der Waals surface area (Å²) in [4.78, 5) is 29.0. The second kappa shape index (κ2) is 9.95. The number of carbonyl (C=O) groups excluding carboxylic acids is 2. The van der Waals surface area contributed by atoms with Crippen molar-refractivity contribution in [1.29, 1.82) is 0 Å². The molecule has 3 rings (SSSR count). The number of ether oxygens (including phenoxy) is 1. The Kier molecular flexibility index (Phi) is 7.29. The molecule has 1 aliphatic heterocycles. The van der Waals surface area contributed by atoms with Gasteiger partial charge in [0.25, 0.3) is 15.9 Å². The van der Waals surface area contributed by atoms with Gasteiger partial charge in [-0.05, 0) is 43.0 Å². The zero-order chi connectivity index (χ0) is 23.3. The largest absolute Gasteiger partial charge is 0.452 e. The quantitative estimate of drug-likeness (QED) is 0.591. The van der Waals surface area contributed by atoms with E-state index in [-0.39, 0.29) is 29.6 Å². The fourth-order valence-corrected chi connectivity index (χ4v) is 4.57. The number of carbonyl (C=O) groups is 2. The van der Waals surface area contributed by atoms with Crippen LogP contribution in [-0.4, -0.2) is 38.8 Å². The summed E-state index contributed by atoms with van der Waals surface area (Å²) in [5, 5.41) is 2.83. The van der Waals surface area contributed by atoms with Gasteiger partial charge >= 0.3 is 5.97 Å². The Labute approximate surface area is 188 Å². The van der Waals surface area contributed by atoms with E-state index in [4.69, 9.17) is 4.74 Å². The number of hydrogen-bond donors (Lipinski definition) is 2. The van der Waals surface area contributed by atoms with E-state index < -0.39 is 28.0 Å². The lowest BCUT2D eigenvalue weighted by molar-refractivity contribution is -0.152. The van der Waals surface area contributed by atoms with Crippen LogP contribution in [0.25, 0.3) is 0 Å². The number of anilines is 1. The molecule has 0 fully saturated rings. The maximum absolute atomic E-state index is 12.5. The molecule has 9 heteroatoms. The number of fused-ring (bicyclic) bond motifs is 1. The summed E-state index contributed by atoms with van der Waals surface area (Å²) < 4.78 is 31.8. The lowest BCUT2D eigenvalue weighted by Crippen LogP contribution is -2.30. The molecule has 0 radical (unpaired) electrons. The number of para-hydroxylation sites is 1. The standard InChI is InChI=1S/C23H27N3O5S/c1-4-15(2)17-9-5-7-11-19(17)25-23(28)16(3)31-21(27)13-14-24-22-18-10-6-8-12-20(18)32(29,30)26-22/h5-12,15-16H,4,13-14H2,1-3H3,(H,24,26)(H,25,28). The van der Waals surface area contributed by atoms with E-state index >= 15 is 0 Å². The fraction of sp³-hybridized carbons (Fsp3) is 0.348. The van der Waals surface area contributed by atoms with E-state index in [0.717, 1.165) is 12.0 Å². The third kappa shape index (κ3) is 5.34. The fourth-order valence-electron chi connectivity index (χ4n) is 3.31. The summed E-state index contributed by atoms with van der Waals surface area (Å²) in [6.07, 6.45) is -0.138. The minimum atomic E-state index is -3.63. The first kappa shape index (κ1) is 23.5. The van der Waals surface area contributed by atoms with Gasteiger partial charge in [-0.15, -0.1) is 0 Å². The summed E-state index contributed by atoms with van der Waals surface area (Å²) in [5.41, 5.74) is 2.19. The van der Waals surface area contributed by atoms with Crippen molar-refractivity contribution in [2.24, 2.45) is 4.99 Å². The van der Waals surface area contributed by atoms with E-state index in [1.807, 2.05) is 24.3 Å². The number of hydrogen-bond acceptors (Lipinski definition) is 6.